The Balaban J connectivity index is 1.61. The second-order valence-corrected chi connectivity index (χ2v) is 9.94. The number of rotatable bonds is 6. The molecular weight excluding hydrogens is 468 g/mol. The lowest BCUT2D eigenvalue weighted by molar-refractivity contribution is 0.0752. The number of carbonyl (C=O) groups excluding carboxylic acids is 2. The molecule has 0 radical (unpaired) electrons. The molecule has 0 fully saturated rings. The molecule has 0 aliphatic carbocycles. The van der Waals surface area contributed by atoms with E-state index in [1.54, 1.807) is 48.5 Å². The van der Waals surface area contributed by atoms with Gasteiger partial charge >= 0.3 is 0 Å². The van der Waals surface area contributed by atoms with Gasteiger partial charge in [0.05, 0.1) is 24.1 Å². The molecule has 35 heavy (non-hydrogen) atoms. The summed E-state index contributed by atoms with van der Waals surface area (Å²) in [6.45, 7) is 0.410. The van der Waals surface area contributed by atoms with Gasteiger partial charge in [0.25, 0.3) is 11.8 Å². The van der Waals surface area contributed by atoms with Crippen LogP contribution in [0.5, 0.6) is 5.75 Å². The average Bonchev–Trinajstić information content (AvgIpc) is 2.88. The second-order valence-electron chi connectivity index (χ2n) is 7.95. The molecule has 2 amide bonds. The number of anilines is 1. The molecule has 1 aliphatic rings. The molecule has 1 aromatic heterocycles. The number of hydrogen-bond donors (Lipinski definition) is 1. The highest BCUT2D eigenvalue weighted by Crippen LogP contribution is 2.27. The molecule has 0 unspecified atom stereocenters. The molecule has 180 valence electrons. The lowest BCUT2D eigenvalue weighted by atomic mass is 10.0. The van der Waals surface area contributed by atoms with Crippen LogP contribution in [0, 0.1) is 0 Å². The molecule has 0 atom stereocenters. The quantitative estimate of drug-likeness (QED) is 0.564. The molecule has 9 nitrogen and oxygen atoms in total. The van der Waals surface area contributed by atoms with E-state index in [4.69, 9.17) is 4.74 Å². The average molecular weight is 493 g/mol. The molecule has 4 rings (SSSR count). The van der Waals surface area contributed by atoms with Crippen LogP contribution in [0.2, 0.25) is 0 Å². The van der Waals surface area contributed by atoms with Crippen LogP contribution in [-0.4, -0.2) is 55.8 Å². The number of nitrogens with one attached hydrogen (secondary N) is 1. The number of ether oxygens (including phenoxy) is 1. The number of hydrazone groups is 1. The van der Waals surface area contributed by atoms with Crippen LogP contribution in [0.4, 0.5) is 5.69 Å². The third kappa shape index (κ3) is 5.38. The fraction of sp³-hybridized carbons (Fsp3) is 0.200. The minimum absolute atomic E-state index is 0.0898. The Hall–Kier alpha value is -4.05. The van der Waals surface area contributed by atoms with Gasteiger partial charge in [-0.25, -0.2) is 13.4 Å². The molecule has 2 aromatic carbocycles. The number of pyridine rings is 1. The number of hydrogen-bond acceptors (Lipinski definition) is 7. The van der Waals surface area contributed by atoms with Gasteiger partial charge in [-0.05, 0) is 49.2 Å². The molecule has 1 N–H and O–H groups in total. The summed E-state index contributed by atoms with van der Waals surface area (Å²) in [5, 5.41) is 8.71. The van der Waals surface area contributed by atoms with E-state index in [-0.39, 0.29) is 22.5 Å². The maximum atomic E-state index is 13.4. The monoisotopic (exact) mass is 492 g/mol. The van der Waals surface area contributed by atoms with Gasteiger partial charge in [-0.2, -0.15) is 5.10 Å². The molecule has 0 saturated carbocycles. The first-order chi connectivity index (χ1) is 16.8. The van der Waals surface area contributed by atoms with E-state index in [2.05, 4.69) is 15.4 Å². The Labute approximate surface area is 203 Å². The number of para-hydroxylation sites is 1. The van der Waals surface area contributed by atoms with Crippen LogP contribution >= 0.6 is 0 Å². The summed E-state index contributed by atoms with van der Waals surface area (Å²) in [6, 6.07) is 14.7. The third-order valence-corrected chi connectivity index (χ3v) is 6.64. The first-order valence-electron chi connectivity index (χ1n) is 10.9. The topological polar surface area (TPSA) is 118 Å². The summed E-state index contributed by atoms with van der Waals surface area (Å²) >= 11 is 0. The SMILES string of the molecule is COc1cc(C2=NN(C(=O)c3ccccc3NC(=O)c3ccncc3)CCC2)ccc1S(C)(=O)=O. The van der Waals surface area contributed by atoms with E-state index in [1.807, 2.05) is 0 Å². The summed E-state index contributed by atoms with van der Waals surface area (Å²) in [4.78, 5) is 30.0. The van der Waals surface area contributed by atoms with Gasteiger partial charge < -0.3 is 10.1 Å². The van der Waals surface area contributed by atoms with Crippen molar-refractivity contribution in [2.45, 2.75) is 17.7 Å². The molecule has 0 bridgehead atoms. The van der Waals surface area contributed by atoms with Crippen LogP contribution in [0.3, 0.4) is 0 Å². The Kier molecular flexibility index (Phi) is 6.92. The Morgan fingerprint density at radius 1 is 1.06 bits per heavy atom. The lowest BCUT2D eigenvalue weighted by Crippen LogP contribution is -2.33. The molecule has 2 heterocycles. The van der Waals surface area contributed by atoms with Gasteiger partial charge in [0.1, 0.15) is 10.6 Å². The number of nitrogens with zero attached hydrogens (tertiary/aromatic N) is 3. The van der Waals surface area contributed by atoms with Crippen LogP contribution < -0.4 is 10.1 Å². The summed E-state index contributed by atoms with van der Waals surface area (Å²) in [5.41, 5.74) is 2.42. The standard InChI is InChI=1S/C25H24N4O5S/c1-34-22-16-18(9-10-23(22)35(2,32)33)20-8-5-15-29(28-20)25(31)19-6-3-4-7-21(19)27-24(30)17-11-13-26-14-12-17/h3-4,6-7,9-14,16H,5,8,15H2,1-2H3,(H,27,30). The zero-order chi connectivity index (χ0) is 25.0. The van der Waals surface area contributed by atoms with Gasteiger partial charge in [0, 0.05) is 36.3 Å². The van der Waals surface area contributed by atoms with Gasteiger partial charge in [-0.1, -0.05) is 18.2 Å². The van der Waals surface area contributed by atoms with Crippen molar-refractivity contribution >= 4 is 33.1 Å². The molecule has 0 spiro atoms. The van der Waals surface area contributed by atoms with Gasteiger partial charge in [0.2, 0.25) is 0 Å². The van der Waals surface area contributed by atoms with Crippen molar-refractivity contribution < 1.29 is 22.7 Å². The number of amides is 2. The van der Waals surface area contributed by atoms with Crippen LogP contribution in [0.1, 0.15) is 39.1 Å². The molecule has 3 aromatic rings. The number of carbonyl (C=O) groups is 2. The van der Waals surface area contributed by atoms with Crippen LogP contribution in [0.25, 0.3) is 0 Å². The number of benzene rings is 2. The maximum Gasteiger partial charge on any atom is 0.276 e. The molecule has 0 saturated heterocycles. The van der Waals surface area contributed by atoms with Crippen molar-refractivity contribution in [3.05, 3.63) is 83.7 Å². The summed E-state index contributed by atoms with van der Waals surface area (Å²) in [5.74, 6) is -0.485. The smallest absolute Gasteiger partial charge is 0.276 e. The molecule has 1 aliphatic heterocycles. The predicted octanol–water partition coefficient (Wildman–Crippen LogP) is 3.39. The number of sulfone groups is 1. The summed E-state index contributed by atoms with van der Waals surface area (Å²) in [6.07, 6.45) is 5.45. The van der Waals surface area contributed by atoms with E-state index in [0.29, 0.717) is 47.5 Å². The Morgan fingerprint density at radius 3 is 2.51 bits per heavy atom. The highest BCUT2D eigenvalue weighted by atomic mass is 32.2. The second kappa shape index (κ2) is 10.1. The van der Waals surface area contributed by atoms with E-state index in [0.717, 1.165) is 6.26 Å². The highest BCUT2D eigenvalue weighted by Gasteiger charge is 2.24. The van der Waals surface area contributed by atoms with Gasteiger partial charge in [-0.15, -0.1) is 0 Å². The fourth-order valence-electron chi connectivity index (χ4n) is 3.76. The van der Waals surface area contributed by atoms with Crippen molar-refractivity contribution in [1.29, 1.82) is 0 Å². The lowest BCUT2D eigenvalue weighted by Gasteiger charge is -2.25. The van der Waals surface area contributed by atoms with Crippen LogP contribution in [-0.2, 0) is 9.84 Å². The minimum atomic E-state index is -3.46. The molecular formula is C25H24N4O5S. The zero-order valence-electron chi connectivity index (χ0n) is 19.3. The number of methoxy groups -OCH3 is 1. The third-order valence-electron chi connectivity index (χ3n) is 5.50. The van der Waals surface area contributed by atoms with Gasteiger partial charge in [0.15, 0.2) is 9.84 Å². The maximum absolute atomic E-state index is 13.4. The predicted molar refractivity (Wildman–Crippen MR) is 132 cm³/mol. The van der Waals surface area contributed by atoms with Crippen molar-refractivity contribution in [2.24, 2.45) is 5.10 Å². The molecule has 10 heteroatoms. The normalized spacial score (nSPS) is 13.7. The van der Waals surface area contributed by atoms with Crippen molar-refractivity contribution in [1.82, 2.24) is 9.99 Å². The summed E-state index contributed by atoms with van der Waals surface area (Å²) < 4.78 is 29.3. The van der Waals surface area contributed by atoms with E-state index >= 15 is 0 Å². The van der Waals surface area contributed by atoms with Gasteiger partial charge in [-0.3, -0.25) is 14.6 Å². The first kappa shape index (κ1) is 24.1. The number of aromatic nitrogens is 1. The fourth-order valence-corrected chi connectivity index (χ4v) is 4.58. The van der Waals surface area contributed by atoms with E-state index < -0.39 is 9.84 Å². The van der Waals surface area contributed by atoms with E-state index in [1.165, 1.54) is 30.6 Å². The summed E-state index contributed by atoms with van der Waals surface area (Å²) in [7, 11) is -2.05. The van der Waals surface area contributed by atoms with Crippen molar-refractivity contribution in [2.75, 3.05) is 25.2 Å². The Morgan fingerprint density at radius 2 is 1.80 bits per heavy atom. The van der Waals surface area contributed by atoms with E-state index in [9.17, 15) is 18.0 Å². The Bertz CT molecular complexity index is 1400. The van der Waals surface area contributed by atoms with Crippen molar-refractivity contribution in [3.8, 4) is 5.75 Å². The largest absolute Gasteiger partial charge is 0.495 e. The highest BCUT2D eigenvalue weighted by molar-refractivity contribution is 7.90. The van der Waals surface area contributed by atoms with Crippen molar-refractivity contribution in [3.63, 3.8) is 0 Å². The zero-order valence-corrected chi connectivity index (χ0v) is 20.1. The first-order valence-corrected chi connectivity index (χ1v) is 12.8. The minimum Gasteiger partial charge on any atom is -0.495 e. The van der Waals surface area contributed by atoms with Crippen LogP contribution in [0.15, 0.2) is 77.0 Å².